The molecule has 0 spiro atoms. The van der Waals surface area contributed by atoms with Crippen LogP contribution in [0, 0.1) is 0 Å². The van der Waals surface area contributed by atoms with Crippen LogP contribution in [0.4, 0.5) is 0 Å². The average molecular weight is 212 g/mol. The fraction of sp³-hybridized carbons (Fsp3) is 0.800. The zero-order valence-electron chi connectivity index (χ0n) is 9.35. The number of hydrogen-bond acceptors (Lipinski definition) is 4. The van der Waals surface area contributed by atoms with Crippen molar-refractivity contribution in [2.45, 2.75) is 18.9 Å². The Labute approximate surface area is 91.1 Å². The molecule has 1 fully saturated rings. The molecule has 1 heterocycles. The van der Waals surface area contributed by atoms with E-state index in [0.29, 0.717) is 6.04 Å². The third kappa shape index (κ3) is 3.87. The first-order valence-electron chi connectivity index (χ1n) is 5.36. The summed E-state index contributed by atoms with van der Waals surface area (Å²) in [7, 11) is 1.97. The molecule has 0 aromatic heterocycles. The number of amides is 1. The number of piperidine rings is 1. The molecule has 1 aliphatic rings. The number of carbonyl (C=O) groups excluding carboxylic acids is 1. The number of nitrogens with zero attached hydrogens (tertiary/aromatic N) is 3. The number of likely N-dealkylation sites (tertiary alicyclic amines) is 1. The molecule has 5 nitrogen and oxygen atoms in total. The Morgan fingerprint density at radius 3 is 2.80 bits per heavy atom. The molecule has 1 saturated heterocycles. The van der Waals surface area contributed by atoms with E-state index in [1.54, 1.807) is 0 Å². The molecule has 0 aromatic rings. The van der Waals surface area contributed by atoms with E-state index in [1.807, 2.05) is 12.1 Å². The molecule has 5 heteroatoms. The Morgan fingerprint density at radius 1 is 1.60 bits per heavy atom. The largest absolute Gasteiger partial charge is 0.357 e. The number of hydrazone groups is 1. The first-order chi connectivity index (χ1) is 7.27. The van der Waals surface area contributed by atoms with Crippen molar-refractivity contribution in [1.29, 1.82) is 0 Å². The summed E-state index contributed by atoms with van der Waals surface area (Å²) in [4.78, 5) is 12.4. The second-order valence-electron chi connectivity index (χ2n) is 3.86. The van der Waals surface area contributed by atoms with Gasteiger partial charge in [-0.1, -0.05) is 0 Å². The van der Waals surface area contributed by atoms with Crippen molar-refractivity contribution in [3.05, 3.63) is 0 Å². The van der Waals surface area contributed by atoms with Gasteiger partial charge in [0.15, 0.2) is 0 Å². The van der Waals surface area contributed by atoms with Crippen LogP contribution in [0.2, 0.25) is 0 Å². The van der Waals surface area contributed by atoms with Crippen LogP contribution < -0.4 is 5.32 Å². The van der Waals surface area contributed by atoms with E-state index in [9.17, 15) is 4.79 Å². The lowest BCUT2D eigenvalue weighted by atomic mass is 10.1. The van der Waals surface area contributed by atoms with Crippen molar-refractivity contribution in [2.24, 2.45) is 5.10 Å². The Balaban J connectivity index is 2.17. The highest BCUT2D eigenvalue weighted by atomic mass is 16.1. The third-order valence-corrected chi connectivity index (χ3v) is 2.96. The van der Waals surface area contributed by atoms with Crippen LogP contribution in [-0.4, -0.2) is 62.3 Å². The monoisotopic (exact) mass is 212 g/mol. The highest BCUT2D eigenvalue weighted by molar-refractivity contribution is 5.45. The van der Waals surface area contributed by atoms with Crippen molar-refractivity contribution in [3.8, 4) is 0 Å². The summed E-state index contributed by atoms with van der Waals surface area (Å²) in [5.41, 5.74) is 0. The lowest BCUT2D eigenvalue weighted by molar-refractivity contribution is -0.109. The minimum absolute atomic E-state index is 0.526. The van der Waals surface area contributed by atoms with Crippen LogP contribution in [0.5, 0.6) is 0 Å². The van der Waals surface area contributed by atoms with Gasteiger partial charge in [-0.05, 0) is 12.8 Å². The summed E-state index contributed by atoms with van der Waals surface area (Å²) >= 11 is 0. The maximum absolute atomic E-state index is 10.1. The van der Waals surface area contributed by atoms with Gasteiger partial charge in [-0.3, -0.25) is 9.80 Å². The molecule has 0 bridgehead atoms. The number of carbonyl (C=O) groups is 1. The first-order valence-corrected chi connectivity index (χ1v) is 5.36. The van der Waals surface area contributed by atoms with Gasteiger partial charge < -0.3 is 10.2 Å². The summed E-state index contributed by atoms with van der Waals surface area (Å²) in [6.45, 7) is 7.36. The van der Waals surface area contributed by atoms with Crippen molar-refractivity contribution >= 4 is 13.1 Å². The predicted octanol–water partition coefficient (Wildman–Crippen LogP) is -0.256. The molecule has 1 rings (SSSR count). The molecule has 0 aliphatic carbocycles. The van der Waals surface area contributed by atoms with Gasteiger partial charge in [0.1, 0.15) is 0 Å². The van der Waals surface area contributed by atoms with Crippen molar-refractivity contribution in [2.75, 3.05) is 33.2 Å². The molecule has 15 heavy (non-hydrogen) atoms. The highest BCUT2D eigenvalue weighted by Crippen LogP contribution is 2.14. The fourth-order valence-electron chi connectivity index (χ4n) is 1.91. The summed E-state index contributed by atoms with van der Waals surface area (Å²) in [6.07, 6.45) is 3.00. The topological polar surface area (TPSA) is 47.9 Å². The zero-order valence-corrected chi connectivity index (χ0v) is 9.35. The lowest BCUT2D eigenvalue weighted by Crippen LogP contribution is -2.43. The normalized spacial score (nSPS) is 18.5. The van der Waals surface area contributed by atoms with Gasteiger partial charge >= 0.3 is 0 Å². The maximum atomic E-state index is 10.1. The van der Waals surface area contributed by atoms with Gasteiger partial charge in [-0.15, -0.1) is 0 Å². The molecular formula is C10H20N4O. The van der Waals surface area contributed by atoms with E-state index in [2.05, 4.69) is 22.0 Å². The van der Waals surface area contributed by atoms with Crippen LogP contribution in [0.15, 0.2) is 5.10 Å². The van der Waals surface area contributed by atoms with Gasteiger partial charge in [-0.25, -0.2) is 0 Å². The van der Waals surface area contributed by atoms with Gasteiger partial charge in [0.2, 0.25) is 6.41 Å². The van der Waals surface area contributed by atoms with Gasteiger partial charge in [0.05, 0.1) is 0 Å². The van der Waals surface area contributed by atoms with E-state index < -0.39 is 0 Å². The predicted molar refractivity (Wildman–Crippen MR) is 60.8 cm³/mol. The number of nitrogens with one attached hydrogen (secondary N) is 1. The zero-order chi connectivity index (χ0) is 11.1. The molecule has 0 radical (unpaired) electrons. The van der Waals surface area contributed by atoms with Crippen LogP contribution >= 0.6 is 0 Å². The number of hydrogen-bond donors (Lipinski definition) is 1. The smallest absolute Gasteiger partial charge is 0.207 e. The summed E-state index contributed by atoms with van der Waals surface area (Å²) in [6, 6.07) is 0.526. The molecule has 0 atom stereocenters. The Kier molecular flexibility index (Phi) is 5.10. The van der Waals surface area contributed by atoms with Gasteiger partial charge in [-0.2, -0.15) is 5.10 Å². The van der Waals surface area contributed by atoms with E-state index >= 15 is 0 Å². The Bertz CT molecular complexity index is 202. The molecule has 1 amide bonds. The first kappa shape index (κ1) is 12.0. The minimum Gasteiger partial charge on any atom is -0.357 e. The molecule has 1 N–H and O–H groups in total. The molecular weight excluding hydrogens is 192 g/mol. The molecule has 0 unspecified atom stereocenters. The quantitative estimate of drug-likeness (QED) is 0.286. The molecule has 0 aromatic carbocycles. The second kappa shape index (κ2) is 6.40. The van der Waals surface area contributed by atoms with Gasteiger partial charge in [0.25, 0.3) is 0 Å². The molecule has 0 saturated carbocycles. The Hall–Kier alpha value is -1.10. The van der Waals surface area contributed by atoms with Crippen molar-refractivity contribution < 1.29 is 4.79 Å². The van der Waals surface area contributed by atoms with Crippen molar-refractivity contribution in [3.63, 3.8) is 0 Å². The minimum atomic E-state index is 0.526. The van der Waals surface area contributed by atoms with Crippen LogP contribution in [-0.2, 0) is 4.79 Å². The van der Waals surface area contributed by atoms with E-state index in [0.717, 1.165) is 45.4 Å². The molecule has 1 aliphatic heterocycles. The fourth-order valence-corrected chi connectivity index (χ4v) is 1.91. The van der Waals surface area contributed by atoms with Crippen LogP contribution in [0.1, 0.15) is 12.8 Å². The lowest BCUT2D eigenvalue weighted by Gasteiger charge is -2.35. The summed E-state index contributed by atoms with van der Waals surface area (Å²) < 4.78 is 0. The third-order valence-electron chi connectivity index (χ3n) is 2.96. The average Bonchev–Trinajstić information content (AvgIpc) is 2.29. The standard InChI is InChI=1S/C10H20N4O/c1-11-13(2)10-3-6-14(7-4-10)8-5-12-9-15/h9-10H,1,3-8H2,2H3,(H,12,15). The van der Waals surface area contributed by atoms with E-state index in [1.165, 1.54) is 0 Å². The van der Waals surface area contributed by atoms with Crippen molar-refractivity contribution in [1.82, 2.24) is 15.2 Å². The second-order valence-corrected chi connectivity index (χ2v) is 3.86. The van der Waals surface area contributed by atoms with Crippen LogP contribution in [0.25, 0.3) is 0 Å². The summed E-state index contributed by atoms with van der Waals surface area (Å²) in [5, 5.41) is 8.54. The summed E-state index contributed by atoms with van der Waals surface area (Å²) in [5.74, 6) is 0. The van der Waals surface area contributed by atoms with Crippen LogP contribution in [0.3, 0.4) is 0 Å². The highest BCUT2D eigenvalue weighted by Gasteiger charge is 2.20. The van der Waals surface area contributed by atoms with E-state index in [4.69, 9.17) is 0 Å². The Morgan fingerprint density at radius 2 is 2.27 bits per heavy atom. The maximum Gasteiger partial charge on any atom is 0.207 e. The van der Waals surface area contributed by atoms with Gasteiger partial charge in [0, 0.05) is 46.0 Å². The SMILES string of the molecule is C=NN(C)C1CCN(CCNC=O)CC1. The van der Waals surface area contributed by atoms with E-state index in [-0.39, 0.29) is 0 Å². The molecule has 86 valence electrons. The number of rotatable bonds is 6.